The average molecular weight is 323 g/mol. The van der Waals surface area contributed by atoms with Crippen LogP contribution in [0.3, 0.4) is 0 Å². The van der Waals surface area contributed by atoms with Gasteiger partial charge in [0.2, 0.25) is 5.91 Å². The zero-order chi connectivity index (χ0) is 17.1. The van der Waals surface area contributed by atoms with E-state index in [0.29, 0.717) is 0 Å². The van der Waals surface area contributed by atoms with Crippen LogP contribution in [0.5, 0.6) is 0 Å². The third-order valence-corrected chi connectivity index (χ3v) is 4.79. The molecular formula is C20H21NO3. The van der Waals surface area contributed by atoms with Crippen LogP contribution in [0, 0.1) is 0 Å². The van der Waals surface area contributed by atoms with Crippen LogP contribution >= 0.6 is 0 Å². The second kappa shape index (κ2) is 6.87. The maximum absolute atomic E-state index is 12.6. The lowest BCUT2D eigenvalue weighted by Gasteiger charge is -2.32. The van der Waals surface area contributed by atoms with Gasteiger partial charge in [-0.25, -0.2) is 4.79 Å². The van der Waals surface area contributed by atoms with E-state index in [1.807, 2.05) is 18.0 Å². The monoisotopic (exact) mass is 323 g/mol. The molecule has 0 bridgehead atoms. The number of amides is 1. The number of carboxylic acid groups (broad SMARTS) is 1. The van der Waals surface area contributed by atoms with Crippen molar-refractivity contribution in [2.45, 2.75) is 31.7 Å². The lowest BCUT2D eigenvalue weighted by molar-refractivity contribution is -0.131. The molecule has 1 atom stereocenters. The van der Waals surface area contributed by atoms with Crippen molar-refractivity contribution in [2.75, 3.05) is 7.05 Å². The number of hydrogen-bond acceptors (Lipinski definition) is 2. The van der Waals surface area contributed by atoms with Crippen molar-refractivity contribution in [1.29, 1.82) is 0 Å². The highest BCUT2D eigenvalue weighted by Crippen LogP contribution is 2.24. The van der Waals surface area contributed by atoms with Gasteiger partial charge in [-0.3, -0.25) is 4.79 Å². The zero-order valence-electron chi connectivity index (χ0n) is 13.7. The molecule has 0 radical (unpaired) electrons. The second-order valence-electron chi connectivity index (χ2n) is 6.35. The molecule has 4 nitrogen and oxygen atoms in total. The predicted octanol–water partition coefficient (Wildman–Crippen LogP) is 2.94. The van der Waals surface area contributed by atoms with Crippen LogP contribution in [0.25, 0.3) is 0 Å². The summed E-state index contributed by atoms with van der Waals surface area (Å²) in [6.07, 6.45) is 3.07. The predicted molar refractivity (Wildman–Crippen MR) is 92.1 cm³/mol. The molecule has 4 heteroatoms. The molecule has 0 aromatic heterocycles. The van der Waals surface area contributed by atoms with Crippen molar-refractivity contribution >= 4 is 11.9 Å². The normalized spacial score (nSPS) is 16.3. The van der Waals surface area contributed by atoms with Crippen LogP contribution < -0.4 is 0 Å². The van der Waals surface area contributed by atoms with Gasteiger partial charge in [0.05, 0.1) is 12.0 Å². The van der Waals surface area contributed by atoms with E-state index in [1.54, 1.807) is 18.2 Å². The SMILES string of the molecule is CN(C(=O)Cc1cccc(C(=O)O)c1)C1CCc2ccccc2C1. The Hall–Kier alpha value is -2.62. The van der Waals surface area contributed by atoms with Crippen LogP contribution in [0.1, 0.15) is 33.5 Å². The molecule has 0 heterocycles. The molecule has 2 aromatic rings. The zero-order valence-corrected chi connectivity index (χ0v) is 13.7. The number of carbonyl (C=O) groups excluding carboxylic acids is 1. The fourth-order valence-electron chi connectivity index (χ4n) is 3.33. The Bertz CT molecular complexity index is 769. The van der Waals surface area contributed by atoms with E-state index in [2.05, 4.69) is 18.2 Å². The third kappa shape index (κ3) is 3.48. The van der Waals surface area contributed by atoms with Crippen molar-refractivity contribution in [3.8, 4) is 0 Å². The molecule has 1 aliphatic rings. The third-order valence-electron chi connectivity index (χ3n) is 4.79. The summed E-state index contributed by atoms with van der Waals surface area (Å²) in [6.45, 7) is 0. The molecule has 3 rings (SSSR count). The van der Waals surface area contributed by atoms with Crippen molar-refractivity contribution < 1.29 is 14.7 Å². The van der Waals surface area contributed by atoms with E-state index < -0.39 is 5.97 Å². The quantitative estimate of drug-likeness (QED) is 0.941. The van der Waals surface area contributed by atoms with Crippen molar-refractivity contribution in [2.24, 2.45) is 0 Å². The Morgan fingerprint density at radius 1 is 1.12 bits per heavy atom. The highest BCUT2D eigenvalue weighted by atomic mass is 16.4. The summed E-state index contributed by atoms with van der Waals surface area (Å²) in [7, 11) is 1.85. The van der Waals surface area contributed by atoms with E-state index in [9.17, 15) is 9.59 Å². The fraction of sp³-hybridized carbons (Fsp3) is 0.300. The molecule has 1 unspecified atom stereocenters. The van der Waals surface area contributed by atoms with Crippen molar-refractivity contribution in [3.63, 3.8) is 0 Å². The number of aryl methyl sites for hydroxylation is 1. The van der Waals surface area contributed by atoms with Gasteiger partial charge in [0.15, 0.2) is 0 Å². The first kappa shape index (κ1) is 16.2. The smallest absolute Gasteiger partial charge is 0.335 e. The summed E-state index contributed by atoms with van der Waals surface area (Å²) in [5.74, 6) is -0.941. The molecule has 2 aromatic carbocycles. The largest absolute Gasteiger partial charge is 0.478 e. The molecule has 0 saturated heterocycles. The number of rotatable bonds is 4. The van der Waals surface area contributed by atoms with E-state index in [0.717, 1.165) is 24.8 Å². The van der Waals surface area contributed by atoms with E-state index >= 15 is 0 Å². The van der Waals surface area contributed by atoms with Crippen LogP contribution in [-0.4, -0.2) is 35.0 Å². The van der Waals surface area contributed by atoms with Gasteiger partial charge in [0.25, 0.3) is 0 Å². The number of fused-ring (bicyclic) bond motifs is 1. The molecule has 0 aliphatic heterocycles. The van der Waals surface area contributed by atoms with Crippen LogP contribution in [0.15, 0.2) is 48.5 Å². The number of carbonyl (C=O) groups is 2. The van der Waals surface area contributed by atoms with Crippen molar-refractivity contribution in [1.82, 2.24) is 4.90 Å². The maximum atomic E-state index is 12.6. The molecule has 1 aliphatic carbocycles. The molecule has 1 amide bonds. The minimum atomic E-state index is -0.971. The Morgan fingerprint density at radius 3 is 2.62 bits per heavy atom. The topological polar surface area (TPSA) is 57.6 Å². The second-order valence-corrected chi connectivity index (χ2v) is 6.35. The maximum Gasteiger partial charge on any atom is 0.335 e. The highest BCUT2D eigenvalue weighted by molar-refractivity contribution is 5.88. The number of benzene rings is 2. The average Bonchev–Trinajstić information content (AvgIpc) is 2.60. The molecular weight excluding hydrogens is 302 g/mol. The van der Waals surface area contributed by atoms with Gasteiger partial charge in [0, 0.05) is 13.1 Å². The van der Waals surface area contributed by atoms with Crippen molar-refractivity contribution in [3.05, 3.63) is 70.8 Å². The van der Waals surface area contributed by atoms with E-state index in [4.69, 9.17) is 5.11 Å². The minimum Gasteiger partial charge on any atom is -0.478 e. The highest BCUT2D eigenvalue weighted by Gasteiger charge is 2.24. The van der Waals surface area contributed by atoms with Crippen LogP contribution in [-0.2, 0) is 24.1 Å². The van der Waals surface area contributed by atoms with E-state index in [1.165, 1.54) is 17.2 Å². The summed E-state index contributed by atoms with van der Waals surface area (Å²) in [6, 6.07) is 15.2. The van der Waals surface area contributed by atoms with Gasteiger partial charge >= 0.3 is 5.97 Å². The first-order valence-electron chi connectivity index (χ1n) is 8.19. The Kier molecular flexibility index (Phi) is 4.65. The summed E-state index contributed by atoms with van der Waals surface area (Å²) in [5, 5.41) is 9.05. The molecule has 1 N–H and O–H groups in total. The summed E-state index contributed by atoms with van der Waals surface area (Å²) in [5.41, 5.74) is 3.66. The number of carboxylic acids is 1. The van der Waals surface area contributed by atoms with Gasteiger partial charge in [-0.2, -0.15) is 0 Å². The molecule has 0 fully saturated rings. The number of hydrogen-bond donors (Lipinski definition) is 1. The number of nitrogens with zero attached hydrogens (tertiary/aromatic N) is 1. The standard InChI is InChI=1S/C20H21NO3/c1-21(18-10-9-15-6-2-3-7-16(15)13-18)19(22)12-14-5-4-8-17(11-14)20(23)24/h2-8,11,18H,9-10,12-13H2,1H3,(H,23,24). The minimum absolute atomic E-state index is 0.0296. The lowest BCUT2D eigenvalue weighted by atomic mass is 9.87. The van der Waals surface area contributed by atoms with Crippen LogP contribution in [0.4, 0.5) is 0 Å². The van der Waals surface area contributed by atoms with Gasteiger partial charge in [0.1, 0.15) is 0 Å². The first-order chi connectivity index (χ1) is 11.5. The Balaban J connectivity index is 1.67. The summed E-state index contributed by atoms with van der Waals surface area (Å²) < 4.78 is 0. The summed E-state index contributed by atoms with van der Waals surface area (Å²) in [4.78, 5) is 25.4. The number of likely N-dealkylation sites (N-methyl/N-ethyl adjacent to an activating group) is 1. The summed E-state index contributed by atoms with van der Waals surface area (Å²) >= 11 is 0. The van der Waals surface area contributed by atoms with Crippen LogP contribution in [0.2, 0.25) is 0 Å². The van der Waals surface area contributed by atoms with Gasteiger partial charge in [-0.15, -0.1) is 0 Å². The first-order valence-corrected chi connectivity index (χ1v) is 8.19. The molecule has 24 heavy (non-hydrogen) atoms. The molecule has 0 spiro atoms. The Labute approximate surface area is 141 Å². The van der Waals surface area contributed by atoms with E-state index in [-0.39, 0.29) is 23.9 Å². The van der Waals surface area contributed by atoms with Gasteiger partial charge < -0.3 is 10.0 Å². The number of aromatic carboxylic acids is 1. The fourth-order valence-corrected chi connectivity index (χ4v) is 3.33. The Morgan fingerprint density at radius 2 is 1.88 bits per heavy atom. The lowest BCUT2D eigenvalue weighted by Crippen LogP contribution is -2.41. The molecule has 124 valence electrons. The van der Waals surface area contributed by atoms with Gasteiger partial charge in [-0.05, 0) is 48.1 Å². The molecule has 0 saturated carbocycles. The van der Waals surface area contributed by atoms with Gasteiger partial charge in [-0.1, -0.05) is 36.4 Å².